The lowest BCUT2D eigenvalue weighted by Crippen LogP contribution is -2.11. The Morgan fingerprint density at radius 1 is 1.05 bits per heavy atom. The monoisotopic (exact) mass is 369 g/mol. The molecule has 0 atom stereocenters. The molecule has 1 amide bonds. The van der Waals surface area contributed by atoms with Gasteiger partial charge in [0, 0.05) is 5.69 Å². The maximum atomic E-state index is 12.0. The molecule has 0 bridgehead atoms. The molecule has 102 valence electrons. The lowest BCUT2D eigenvalue weighted by Gasteiger charge is -2.06. The molecule has 2 aromatic carbocycles. The minimum absolute atomic E-state index is 0.257. The maximum Gasteiger partial charge on any atom is 0.262 e. The molecule has 20 heavy (non-hydrogen) atoms. The Labute approximate surface area is 135 Å². The van der Waals surface area contributed by atoms with Crippen molar-refractivity contribution in [3.05, 3.63) is 68.6 Å². The fraction of sp³-hybridized carbons (Fsp3) is 0. The highest BCUT2D eigenvalue weighted by Gasteiger charge is 2.08. The Morgan fingerprint density at radius 3 is 2.40 bits per heavy atom. The summed E-state index contributed by atoms with van der Waals surface area (Å²) in [6, 6.07) is 14.5. The summed E-state index contributed by atoms with van der Waals surface area (Å²) in [4.78, 5) is 12.0. The van der Waals surface area contributed by atoms with E-state index in [1.54, 1.807) is 24.3 Å². The Bertz CT molecular complexity index is 656. The summed E-state index contributed by atoms with van der Waals surface area (Å²) in [7, 11) is 0. The van der Waals surface area contributed by atoms with Gasteiger partial charge in [-0.3, -0.25) is 4.79 Å². The van der Waals surface area contributed by atoms with Crippen molar-refractivity contribution in [2.75, 3.05) is 5.32 Å². The number of rotatable bonds is 3. The number of benzene rings is 2. The van der Waals surface area contributed by atoms with Crippen LogP contribution >= 0.6 is 39.1 Å². The lowest BCUT2D eigenvalue weighted by molar-refractivity contribution is -0.112. The second-order valence-corrected chi connectivity index (χ2v) is 5.65. The molecule has 5 heteroatoms. The van der Waals surface area contributed by atoms with Gasteiger partial charge in [-0.1, -0.05) is 53.5 Å². The topological polar surface area (TPSA) is 29.1 Å². The van der Waals surface area contributed by atoms with Crippen LogP contribution in [0.3, 0.4) is 0 Å². The number of anilines is 1. The molecule has 2 rings (SSSR count). The molecule has 0 saturated carbocycles. The molecule has 0 unspecified atom stereocenters. The molecule has 0 fully saturated rings. The Morgan fingerprint density at radius 2 is 1.75 bits per heavy atom. The van der Waals surface area contributed by atoms with Crippen molar-refractivity contribution in [3.8, 4) is 0 Å². The second kappa shape index (κ2) is 6.93. The summed E-state index contributed by atoms with van der Waals surface area (Å²) in [5.74, 6) is -0.257. The second-order valence-electron chi connectivity index (χ2n) is 3.99. The Balaban J connectivity index is 2.11. The van der Waals surface area contributed by atoms with Crippen molar-refractivity contribution >= 4 is 56.8 Å². The van der Waals surface area contributed by atoms with Gasteiger partial charge in [0.2, 0.25) is 0 Å². The van der Waals surface area contributed by atoms with Crippen LogP contribution in [0.5, 0.6) is 0 Å². The van der Waals surface area contributed by atoms with Crippen molar-refractivity contribution in [2.24, 2.45) is 0 Å². The zero-order valence-corrected chi connectivity index (χ0v) is 13.3. The van der Waals surface area contributed by atoms with Crippen LogP contribution in [0.1, 0.15) is 5.56 Å². The van der Waals surface area contributed by atoms with Crippen molar-refractivity contribution in [1.29, 1.82) is 0 Å². The normalized spacial score (nSPS) is 11.2. The molecule has 2 aromatic rings. The average Bonchev–Trinajstić information content (AvgIpc) is 2.44. The molecule has 0 aliphatic rings. The fourth-order valence-corrected chi connectivity index (χ4v) is 2.19. The third-order valence-corrected chi connectivity index (χ3v) is 3.82. The molecule has 0 aromatic heterocycles. The quantitative estimate of drug-likeness (QED) is 0.723. The molecule has 0 heterocycles. The third kappa shape index (κ3) is 4.10. The standard InChI is InChI=1S/C15H10BrCl2NO/c16-12(8-10-4-2-1-3-5-10)15(20)19-11-6-7-13(17)14(18)9-11/h1-9H,(H,19,20). The smallest absolute Gasteiger partial charge is 0.262 e. The molecular formula is C15H10BrCl2NO. The largest absolute Gasteiger partial charge is 0.321 e. The van der Waals surface area contributed by atoms with E-state index >= 15 is 0 Å². The van der Waals surface area contributed by atoms with Gasteiger partial charge in [-0.15, -0.1) is 0 Å². The van der Waals surface area contributed by atoms with E-state index in [1.807, 2.05) is 30.3 Å². The summed E-state index contributed by atoms with van der Waals surface area (Å²) in [6.45, 7) is 0. The van der Waals surface area contributed by atoms with Gasteiger partial charge in [0.25, 0.3) is 5.91 Å². The van der Waals surface area contributed by atoms with Gasteiger partial charge < -0.3 is 5.32 Å². The lowest BCUT2D eigenvalue weighted by atomic mass is 10.2. The summed E-state index contributed by atoms with van der Waals surface area (Å²) < 4.78 is 0.426. The van der Waals surface area contributed by atoms with E-state index in [0.29, 0.717) is 20.2 Å². The number of nitrogens with one attached hydrogen (secondary N) is 1. The van der Waals surface area contributed by atoms with Crippen LogP contribution in [0, 0.1) is 0 Å². The zero-order chi connectivity index (χ0) is 14.5. The first-order chi connectivity index (χ1) is 9.56. The van der Waals surface area contributed by atoms with Crippen LogP contribution in [0.25, 0.3) is 6.08 Å². The molecule has 0 saturated heterocycles. The van der Waals surface area contributed by atoms with Crippen LogP contribution < -0.4 is 5.32 Å². The molecule has 0 aliphatic carbocycles. The number of hydrogen-bond donors (Lipinski definition) is 1. The first-order valence-electron chi connectivity index (χ1n) is 5.75. The van der Waals surface area contributed by atoms with Crippen molar-refractivity contribution in [1.82, 2.24) is 0 Å². The molecule has 2 nitrogen and oxygen atoms in total. The third-order valence-electron chi connectivity index (χ3n) is 2.49. The van der Waals surface area contributed by atoms with E-state index in [2.05, 4.69) is 21.2 Å². The molecule has 0 radical (unpaired) electrons. The van der Waals surface area contributed by atoms with Crippen LogP contribution in [-0.2, 0) is 4.79 Å². The van der Waals surface area contributed by atoms with E-state index in [9.17, 15) is 4.79 Å². The van der Waals surface area contributed by atoms with E-state index in [0.717, 1.165) is 5.56 Å². The number of hydrogen-bond acceptors (Lipinski definition) is 1. The minimum Gasteiger partial charge on any atom is -0.321 e. The van der Waals surface area contributed by atoms with Crippen molar-refractivity contribution in [3.63, 3.8) is 0 Å². The summed E-state index contributed by atoms with van der Waals surface area (Å²) in [5.41, 5.74) is 1.52. The number of carbonyl (C=O) groups excluding carboxylic acids is 1. The molecular weight excluding hydrogens is 361 g/mol. The van der Waals surface area contributed by atoms with Gasteiger partial charge in [-0.2, -0.15) is 0 Å². The van der Waals surface area contributed by atoms with Gasteiger partial charge in [-0.25, -0.2) is 0 Å². The van der Waals surface area contributed by atoms with Gasteiger partial charge in [0.15, 0.2) is 0 Å². The average molecular weight is 371 g/mol. The highest BCUT2D eigenvalue weighted by molar-refractivity contribution is 9.12. The highest BCUT2D eigenvalue weighted by atomic mass is 79.9. The van der Waals surface area contributed by atoms with Crippen LogP contribution in [-0.4, -0.2) is 5.91 Å². The van der Waals surface area contributed by atoms with Gasteiger partial charge in [0.1, 0.15) is 0 Å². The first kappa shape index (κ1) is 15.1. The van der Waals surface area contributed by atoms with E-state index in [-0.39, 0.29) is 5.91 Å². The molecule has 0 spiro atoms. The highest BCUT2D eigenvalue weighted by Crippen LogP contribution is 2.25. The van der Waals surface area contributed by atoms with Gasteiger partial charge in [-0.05, 0) is 45.8 Å². The SMILES string of the molecule is O=C(Nc1ccc(Cl)c(Cl)c1)C(Br)=Cc1ccccc1. The van der Waals surface area contributed by atoms with Gasteiger partial charge in [0.05, 0.1) is 14.5 Å². The van der Waals surface area contributed by atoms with E-state index < -0.39 is 0 Å². The number of amides is 1. The van der Waals surface area contributed by atoms with Crippen LogP contribution in [0.15, 0.2) is 53.0 Å². The van der Waals surface area contributed by atoms with Crippen molar-refractivity contribution < 1.29 is 4.79 Å². The summed E-state index contributed by atoms with van der Waals surface area (Å²) >= 11 is 15.0. The zero-order valence-electron chi connectivity index (χ0n) is 10.2. The molecule has 0 aliphatic heterocycles. The summed E-state index contributed by atoms with van der Waals surface area (Å²) in [6.07, 6.45) is 1.74. The maximum absolute atomic E-state index is 12.0. The van der Waals surface area contributed by atoms with E-state index in [1.165, 1.54) is 0 Å². The fourth-order valence-electron chi connectivity index (χ4n) is 1.53. The summed E-state index contributed by atoms with van der Waals surface area (Å²) in [5, 5.41) is 3.58. The number of halogens is 3. The minimum atomic E-state index is -0.257. The van der Waals surface area contributed by atoms with Crippen molar-refractivity contribution in [2.45, 2.75) is 0 Å². The molecule has 1 N–H and O–H groups in total. The predicted octanol–water partition coefficient (Wildman–Crippen LogP) is 5.37. The van der Waals surface area contributed by atoms with Crippen LogP contribution in [0.2, 0.25) is 10.0 Å². The van der Waals surface area contributed by atoms with Crippen LogP contribution in [0.4, 0.5) is 5.69 Å². The Kier molecular flexibility index (Phi) is 5.24. The van der Waals surface area contributed by atoms with Gasteiger partial charge >= 0.3 is 0 Å². The number of carbonyl (C=O) groups is 1. The predicted molar refractivity (Wildman–Crippen MR) is 88.4 cm³/mol. The first-order valence-corrected chi connectivity index (χ1v) is 7.30. The Hall–Kier alpha value is -1.29. The van der Waals surface area contributed by atoms with E-state index in [4.69, 9.17) is 23.2 Å².